The van der Waals surface area contributed by atoms with Gasteiger partial charge in [0.05, 0.1) is 5.69 Å². The van der Waals surface area contributed by atoms with Crippen molar-refractivity contribution in [2.24, 2.45) is 4.99 Å². The monoisotopic (exact) mass is 258 g/mol. The molecule has 0 radical (unpaired) electrons. The summed E-state index contributed by atoms with van der Waals surface area (Å²) in [6.45, 7) is 6.13. The van der Waals surface area contributed by atoms with E-state index in [1.54, 1.807) is 0 Å². The molecule has 0 saturated heterocycles. The lowest BCUT2D eigenvalue weighted by Crippen LogP contribution is -2.46. The van der Waals surface area contributed by atoms with E-state index in [0.717, 1.165) is 30.2 Å². The molecule has 1 atom stereocenters. The quantitative estimate of drug-likeness (QED) is 0.870. The largest absolute Gasteiger partial charge is 0.435 e. The number of para-hydroxylation sites is 2. The molecule has 5 heteroatoms. The average Bonchev–Trinajstić information content (AvgIpc) is 2.46. The fourth-order valence-corrected chi connectivity index (χ4v) is 2.27. The summed E-state index contributed by atoms with van der Waals surface area (Å²) < 4.78 is 5.86. The first-order chi connectivity index (χ1) is 9.31. The molecule has 2 N–H and O–H groups in total. The fourth-order valence-electron chi connectivity index (χ4n) is 2.27. The Kier molecular flexibility index (Phi) is 3.13. The van der Waals surface area contributed by atoms with Gasteiger partial charge in [-0.25, -0.2) is 4.99 Å². The highest BCUT2D eigenvalue weighted by Gasteiger charge is 2.26. The molecule has 2 aliphatic heterocycles. The summed E-state index contributed by atoms with van der Waals surface area (Å²) in [5.74, 6) is 1.47. The van der Waals surface area contributed by atoms with E-state index >= 15 is 0 Å². The second-order valence-corrected chi connectivity index (χ2v) is 4.48. The number of nitrogens with zero attached hydrogens (tertiary/aromatic N) is 2. The molecule has 100 valence electrons. The highest BCUT2D eigenvalue weighted by molar-refractivity contribution is 6.01. The summed E-state index contributed by atoms with van der Waals surface area (Å²) in [6, 6.07) is 7.87. The van der Waals surface area contributed by atoms with E-state index in [1.165, 1.54) is 0 Å². The van der Waals surface area contributed by atoms with Crippen LogP contribution in [0.3, 0.4) is 0 Å². The molecule has 3 rings (SSSR count). The van der Waals surface area contributed by atoms with E-state index in [4.69, 9.17) is 4.74 Å². The number of benzene rings is 1. The maximum absolute atomic E-state index is 5.86. The van der Waals surface area contributed by atoms with Crippen molar-refractivity contribution in [2.75, 3.05) is 18.4 Å². The zero-order valence-corrected chi connectivity index (χ0v) is 11.2. The second-order valence-electron chi connectivity index (χ2n) is 4.48. The van der Waals surface area contributed by atoms with Crippen LogP contribution in [0.25, 0.3) is 0 Å². The zero-order valence-electron chi connectivity index (χ0n) is 11.2. The van der Waals surface area contributed by atoms with Crippen molar-refractivity contribution in [2.45, 2.75) is 20.1 Å². The zero-order chi connectivity index (χ0) is 13.2. The lowest BCUT2D eigenvalue weighted by Gasteiger charge is -2.32. The molecule has 1 aromatic rings. The van der Waals surface area contributed by atoms with Gasteiger partial charge in [-0.05, 0) is 25.2 Å². The van der Waals surface area contributed by atoms with Crippen LogP contribution in [-0.4, -0.2) is 30.2 Å². The molecule has 2 heterocycles. The van der Waals surface area contributed by atoms with Gasteiger partial charge in [0.25, 0.3) is 0 Å². The Morgan fingerprint density at radius 1 is 1.26 bits per heavy atom. The van der Waals surface area contributed by atoms with Gasteiger partial charge in [-0.1, -0.05) is 26.0 Å². The van der Waals surface area contributed by atoms with Crippen LogP contribution in [0.1, 0.15) is 13.8 Å². The van der Waals surface area contributed by atoms with Crippen LogP contribution >= 0.6 is 0 Å². The third-order valence-corrected chi connectivity index (χ3v) is 3.37. The van der Waals surface area contributed by atoms with Crippen LogP contribution in [-0.2, 0) is 0 Å². The molecule has 0 amide bonds. The molecule has 2 aliphatic rings. The molecule has 0 saturated carbocycles. The highest BCUT2D eigenvalue weighted by atomic mass is 16.5. The van der Waals surface area contributed by atoms with Gasteiger partial charge in [0.2, 0.25) is 5.90 Å². The second kappa shape index (κ2) is 4.93. The number of hydrogen-bond acceptors (Lipinski definition) is 5. The Labute approximate surface area is 113 Å². The molecule has 5 nitrogen and oxygen atoms in total. The van der Waals surface area contributed by atoms with Crippen molar-refractivity contribution >= 4 is 11.6 Å². The van der Waals surface area contributed by atoms with E-state index < -0.39 is 0 Å². The van der Waals surface area contributed by atoms with Gasteiger partial charge >= 0.3 is 0 Å². The van der Waals surface area contributed by atoms with E-state index in [9.17, 15) is 0 Å². The molecule has 0 bridgehead atoms. The first-order valence-electron chi connectivity index (χ1n) is 6.64. The fraction of sp³-hybridized carbons (Fsp3) is 0.357. The van der Waals surface area contributed by atoms with Crippen molar-refractivity contribution < 1.29 is 4.74 Å². The number of anilines is 1. The Hall–Kier alpha value is -2.01. The van der Waals surface area contributed by atoms with Gasteiger partial charge in [0, 0.05) is 6.20 Å². The minimum absolute atomic E-state index is 0.0548. The first-order valence-corrected chi connectivity index (χ1v) is 6.64. The Bertz CT molecular complexity index is 534. The standard InChI is InChI=1S/C14H18N4O/c1-3-18(4-2)14-15-9-11-13(17-14)19-12-8-6-5-7-10(12)16-11/h5-9,14-16H,3-4H2,1-2H3. The number of ether oxygens (including phenoxy) is 1. The normalized spacial score (nSPS) is 20.3. The SMILES string of the molecule is CCN(CC)C1N=C2Oc3ccccc3NC2=CN1. The minimum Gasteiger partial charge on any atom is -0.435 e. The molecular formula is C14H18N4O. The molecule has 1 aromatic carbocycles. The van der Waals surface area contributed by atoms with Crippen molar-refractivity contribution in [3.05, 3.63) is 36.2 Å². The number of hydrogen-bond donors (Lipinski definition) is 2. The van der Waals surface area contributed by atoms with Crippen LogP contribution < -0.4 is 15.4 Å². The summed E-state index contributed by atoms with van der Waals surface area (Å²) >= 11 is 0. The van der Waals surface area contributed by atoms with Gasteiger partial charge < -0.3 is 15.4 Å². The molecule has 19 heavy (non-hydrogen) atoms. The smallest absolute Gasteiger partial charge is 0.243 e. The van der Waals surface area contributed by atoms with E-state index in [2.05, 4.69) is 34.4 Å². The van der Waals surface area contributed by atoms with Crippen LogP contribution in [0, 0.1) is 0 Å². The molecule has 0 aromatic heterocycles. The van der Waals surface area contributed by atoms with Crippen molar-refractivity contribution in [1.82, 2.24) is 10.2 Å². The van der Waals surface area contributed by atoms with Gasteiger partial charge in [0.15, 0.2) is 12.0 Å². The number of fused-ring (bicyclic) bond motifs is 2. The predicted molar refractivity (Wildman–Crippen MR) is 76.1 cm³/mol. The lowest BCUT2D eigenvalue weighted by molar-refractivity contribution is 0.199. The highest BCUT2D eigenvalue weighted by Crippen LogP contribution is 2.31. The van der Waals surface area contributed by atoms with Gasteiger partial charge in [-0.15, -0.1) is 0 Å². The van der Waals surface area contributed by atoms with Crippen molar-refractivity contribution in [3.63, 3.8) is 0 Å². The average molecular weight is 258 g/mol. The number of aliphatic imine (C=N–C) groups is 1. The summed E-state index contributed by atoms with van der Waals surface area (Å²) in [6.07, 6.45) is 1.88. The minimum atomic E-state index is -0.0548. The third kappa shape index (κ3) is 2.17. The molecule has 0 spiro atoms. The van der Waals surface area contributed by atoms with Gasteiger partial charge in [-0.3, -0.25) is 4.90 Å². The van der Waals surface area contributed by atoms with Crippen molar-refractivity contribution in [1.29, 1.82) is 0 Å². The molecular weight excluding hydrogens is 240 g/mol. The Balaban J connectivity index is 1.87. The third-order valence-electron chi connectivity index (χ3n) is 3.37. The van der Waals surface area contributed by atoms with Gasteiger partial charge in [0.1, 0.15) is 5.70 Å². The van der Waals surface area contributed by atoms with Crippen molar-refractivity contribution in [3.8, 4) is 5.75 Å². The molecule has 0 aliphatic carbocycles. The Morgan fingerprint density at radius 2 is 2.05 bits per heavy atom. The molecule has 1 unspecified atom stereocenters. The number of rotatable bonds is 3. The maximum Gasteiger partial charge on any atom is 0.243 e. The summed E-state index contributed by atoms with van der Waals surface area (Å²) in [5.41, 5.74) is 1.85. The maximum atomic E-state index is 5.86. The summed E-state index contributed by atoms with van der Waals surface area (Å²) in [5, 5.41) is 6.60. The van der Waals surface area contributed by atoms with Crippen LogP contribution in [0.4, 0.5) is 5.69 Å². The van der Waals surface area contributed by atoms with E-state index in [0.29, 0.717) is 5.90 Å². The van der Waals surface area contributed by atoms with Crippen LogP contribution in [0.2, 0.25) is 0 Å². The summed E-state index contributed by atoms with van der Waals surface area (Å²) in [4.78, 5) is 6.85. The number of nitrogens with one attached hydrogen (secondary N) is 2. The first kappa shape index (κ1) is 12.0. The lowest BCUT2D eigenvalue weighted by atomic mass is 10.2. The van der Waals surface area contributed by atoms with Crippen LogP contribution in [0.5, 0.6) is 5.75 Å². The molecule has 0 fully saturated rings. The predicted octanol–water partition coefficient (Wildman–Crippen LogP) is 1.96. The topological polar surface area (TPSA) is 48.9 Å². The van der Waals surface area contributed by atoms with E-state index in [1.807, 2.05) is 30.5 Å². The summed E-state index contributed by atoms with van der Waals surface area (Å²) in [7, 11) is 0. The van der Waals surface area contributed by atoms with E-state index in [-0.39, 0.29) is 6.29 Å². The van der Waals surface area contributed by atoms with Crippen LogP contribution in [0.15, 0.2) is 41.2 Å². The van der Waals surface area contributed by atoms with Gasteiger partial charge in [-0.2, -0.15) is 0 Å². The Morgan fingerprint density at radius 3 is 2.84 bits per heavy atom.